The number of thiazole rings is 1. The summed E-state index contributed by atoms with van der Waals surface area (Å²) in [6.45, 7) is 6.57. The van der Waals surface area contributed by atoms with Crippen LogP contribution in [0.1, 0.15) is 26.3 Å². The Hall–Kier alpha value is -1.55. The molecule has 0 aliphatic carbocycles. The van der Waals surface area contributed by atoms with E-state index in [-0.39, 0.29) is 5.41 Å². The molecule has 0 saturated carbocycles. The van der Waals surface area contributed by atoms with Gasteiger partial charge in [-0.3, -0.25) is 0 Å². The molecule has 4 heteroatoms. The van der Waals surface area contributed by atoms with Crippen LogP contribution in [-0.4, -0.2) is 12.1 Å². The van der Waals surface area contributed by atoms with Crippen LogP contribution in [0.5, 0.6) is 5.75 Å². The van der Waals surface area contributed by atoms with Crippen LogP contribution >= 0.6 is 11.3 Å². The van der Waals surface area contributed by atoms with E-state index in [0.717, 1.165) is 17.0 Å². The van der Waals surface area contributed by atoms with Crippen LogP contribution in [0.3, 0.4) is 0 Å². The highest BCUT2D eigenvalue weighted by Gasteiger charge is 2.17. The highest BCUT2D eigenvalue weighted by molar-refractivity contribution is 7.13. The van der Waals surface area contributed by atoms with E-state index in [4.69, 9.17) is 10.5 Å². The highest BCUT2D eigenvalue weighted by Crippen LogP contribution is 2.35. The average Bonchev–Trinajstić information content (AvgIpc) is 2.73. The van der Waals surface area contributed by atoms with Crippen molar-refractivity contribution < 1.29 is 4.74 Å². The van der Waals surface area contributed by atoms with Gasteiger partial charge in [-0.2, -0.15) is 0 Å². The van der Waals surface area contributed by atoms with E-state index < -0.39 is 0 Å². The Labute approximate surface area is 112 Å². The molecule has 0 fully saturated rings. The third-order valence-corrected chi connectivity index (χ3v) is 3.54. The summed E-state index contributed by atoms with van der Waals surface area (Å²) < 4.78 is 5.40. The van der Waals surface area contributed by atoms with Gasteiger partial charge in [-0.25, -0.2) is 4.98 Å². The van der Waals surface area contributed by atoms with Gasteiger partial charge in [0.05, 0.1) is 12.8 Å². The molecule has 0 saturated heterocycles. The fourth-order valence-electron chi connectivity index (χ4n) is 1.79. The summed E-state index contributed by atoms with van der Waals surface area (Å²) in [4.78, 5) is 4.33. The minimum absolute atomic E-state index is 0.0998. The molecule has 0 radical (unpaired) electrons. The minimum atomic E-state index is 0.0998. The van der Waals surface area contributed by atoms with Gasteiger partial charge in [-0.05, 0) is 23.1 Å². The molecule has 0 spiro atoms. The van der Waals surface area contributed by atoms with Crippen LogP contribution in [0.4, 0.5) is 5.13 Å². The maximum absolute atomic E-state index is 5.70. The zero-order chi connectivity index (χ0) is 13.3. The van der Waals surface area contributed by atoms with E-state index in [1.165, 1.54) is 16.9 Å². The zero-order valence-electron chi connectivity index (χ0n) is 11.2. The molecule has 0 amide bonds. The number of methoxy groups -OCH3 is 1. The van der Waals surface area contributed by atoms with E-state index in [1.54, 1.807) is 7.11 Å². The quantitative estimate of drug-likeness (QED) is 0.897. The number of hydrogen-bond donors (Lipinski definition) is 1. The van der Waals surface area contributed by atoms with E-state index in [2.05, 4.69) is 37.9 Å². The molecule has 1 aromatic heterocycles. The van der Waals surface area contributed by atoms with Gasteiger partial charge in [0.2, 0.25) is 0 Å². The van der Waals surface area contributed by atoms with E-state index in [0.29, 0.717) is 5.13 Å². The smallest absolute Gasteiger partial charge is 0.180 e. The summed E-state index contributed by atoms with van der Waals surface area (Å²) in [5.74, 6) is 0.827. The molecule has 18 heavy (non-hydrogen) atoms. The van der Waals surface area contributed by atoms with Crippen LogP contribution in [0, 0.1) is 0 Å². The standard InChI is InChI=1S/C14H18N2OS/c1-14(2,3)9-5-6-12(17-4)10(7-9)11-8-18-13(15)16-11/h5-8H,1-4H3,(H2,15,16). The Morgan fingerprint density at radius 3 is 2.50 bits per heavy atom. The topological polar surface area (TPSA) is 48.1 Å². The maximum Gasteiger partial charge on any atom is 0.180 e. The normalized spacial score (nSPS) is 11.6. The lowest BCUT2D eigenvalue weighted by molar-refractivity contribution is 0.415. The summed E-state index contributed by atoms with van der Waals surface area (Å²) in [6, 6.07) is 6.22. The Balaban J connectivity index is 2.56. The molecule has 2 rings (SSSR count). The van der Waals surface area contributed by atoms with Gasteiger partial charge in [0, 0.05) is 10.9 Å². The van der Waals surface area contributed by atoms with Crippen LogP contribution in [-0.2, 0) is 5.41 Å². The van der Waals surface area contributed by atoms with Crippen LogP contribution in [0.25, 0.3) is 11.3 Å². The Morgan fingerprint density at radius 1 is 1.28 bits per heavy atom. The first-order valence-corrected chi connectivity index (χ1v) is 6.69. The van der Waals surface area contributed by atoms with E-state index in [1.807, 2.05) is 11.4 Å². The first-order valence-electron chi connectivity index (χ1n) is 5.81. The number of nitrogens with zero attached hydrogens (tertiary/aromatic N) is 1. The number of ether oxygens (including phenoxy) is 1. The third-order valence-electron chi connectivity index (χ3n) is 2.86. The summed E-state index contributed by atoms with van der Waals surface area (Å²) in [7, 11) is 1.67. The van der Waals surface area contributed by atoms with Crippen molar-refractivity contribution >= 4 is 16.5 Å². The van der Waals surface area contributed by atoms with Crippen molar-refractivity contribution in [2.75, 3.05) is 12.8 Å². The SMILES string of the molecule is COc1ccc(C(C)(C)C)cc1-c1csc(N)n1. The fraction of sp³-hybridized carbons (Fsp3) is 0.357. The second-order valence-corrected chi connectivity index (χ2v) is 6.13. The van der Waals surface area contributed by atoms with Crippen molar-refractivity contribution in [2.45, 2.75) is 26.2 Å². The fourth-order valence-corrected chi connectivity index (χ4v) is 2.35. The number of benzene rings is 1. The lowest BCUT2D eigenvalue weighted by Gasteiger charge is -2.20. The maximum atomic E-state index is 5.70. The first kappa shape index (κ1) is 12.9. The highest BCUT2D eigenvalue weighted by atomic mass is 32.1. The largest absolute Gasteiger partial charge is 0.496 e. The van der Waals surface area contributed by atoms with Crippen molar-refractivity contribution in [2.24, 2.45) is 0 Å². The van der Waals surface area contributed by atoms with Crippen molar-refractivity contribution in [1.29, 1.82) is 0 Å². The molecule has 2 N–H and O–H groups in total. The summed E-state index contributed by atoms with van der Waals surface area (Å²) in [6.07, 6.45) is 0. The number of anilines is 1. The molecule has 96 valence electrons. The van der Waals surface area contributed by atoms with Crippen molar-refractivity contribution in [1.82, 2.24) is 4.98 Å². The van der Waals surface area contributed by atoms with Gasteiger partial charge in [0.15, 0.2) is 5.13 Å². The minimum Gasteiger partial charge on any atom is -0.496 e. The van der Waals surface area contributed by atoms with E-state index >= 15 is 0 Å². The Morgan fingerprint density at radius 2 is 2.00 bits per heavy atom. The number of nitrogens with two attached hydrogens (primary N) is 1. The van der Waals surface area contributed by atoms with Gasteiger partial charge < -0.3 is 10.5 Å². The first-order chi connectivity index (χ1) is 8.41. The molecule has 0 atom stereocenters. The van der Waals surface area contributed by atoms with Gasteiger partial charge in [0.25, 0.3) is 0 Å². The third kappa shape index (κ3) is 2.48. The summed E-state index contributed by atoms with van der Waals surface area (Å²) in [5.41, 5.74) is 8.93. The second-order valence-electron chi connectivity index (χ2n) is 5.24. The van der Waals surface area contributed by atoms with Crippen LogP contribution in [0.2, 0.25) is 0 Å². The summed E-state index contributed by atoms with van der Waals surface area (Å²) in [5, 5.41) is 2.54. The van der Waals surface area contributed by atoms with Crippen molar-refractivity contribution in [3.63, 3.8) is 0 Å². The number of rotatable bonds is 2. The van der Waals surface area contributed by atoms with Crippen molar-refractivity contribution in [3.8, 4) is 17.0 Å². The molecule has 0 aliphatic rings. The summed E-state index contributed by atoms with van der Waals surface area (Å²) >= 11 is 1.44. The van der Waals surface area contributed by atoms with E-state index in [9.17, 15) is 0 Å². The lowest BCUT2D eigenvalue weighted by Crippen LogP contribution is -2.11. The Kier molecular flexibility index (Phi) is 3.30. The van der Waals surface area contributed by atoms with Crippen LogP contribution < -0.4 is 10.5 Å². The Bertz CT molecular complexity index is 555. The van der Waals surface area contributed by atoms with Gasteiger partial charge in [-0.1, -0.05) is 26.8 Å². The zero-order valence-corrected chi connectivity index (χ0v) is 12.0. The van der Waals surface area contributed by atoms with Gasteiger partial charge >= 0.3 is 0 Å². The van der Waals surface area contributed by atoms with Gasteiger partial charge in [0.1, 0.15) is 5.75 Å². The molecule has 1 heterocycles. The molecular weight excluding hydrogens is 244 g/mol. The molecular formula is C14H18N2OS. The molecule has 2 aromatic rings. The number of nitrogen functional groups attached to an aromatic ring is 1. The van der Waals surface area contributed by atoms with Crippen molar-refractivity contribution in [3.05, 3.63) is 29.1 Å². The number of hydrogen-bond acceptors (Lipinski definition) is 4. The van der Waals surface area contributed by atoms with Gasteiger partial charge in [-0.15, -0.1) is 11.3 Å². The molecule has 3 nitrogen and oxygen atoms in total. The monoisotopic (exact) mass is 262 g/mol. The van der Waals surface area contributed by atoms with Crippen LogP contribution in [0.15, 0.2) is 23.6 Å². The molecule has 0 bridgehead atoms. The lowest BCUT2D eigenvalue weighted by atomic mass is 9.86. The molecule has 0 unspecified atom stereocenters. The predicted octanol–water partition coefficient (Wildman–Crippen LogP) is 3.70. The second kappa shape index (κ2) is 4.61. The predicted molar refractivity (Wildman–Crippen MR) is 77.2 cm³/mol. The molecule has 0 aliphatic heterocycles. The average molecular weight is 262 g/mol. The number of aromatic nitrogens is 1. The molecule has 1 aromatic carbocycles.